The van der Waals surface area contributed by atoms with Gasteiger partial charge in [-0.1, -0.05) is 18.2 Å². The zero-order valence-corrected chi connectivity index (χ0v) is 12.8. The van der Waals surface area contributed by atoms with E-state index in [1.54, 1.807) is 12.3 Å². The third-order valence-corrected chi connectivity index (χ3v) is 3.37. The SMILES string of the molecule is O=C(NCCNC(=O)c1cccc2cccnc12)c1cnccn1. The second-order valence-corrected chi connectivity index (χ2v) is 4.98. The first kappa shape index (κ1) is 15.5. The maximum atomic E-state index is 12.3. The second kappa shape index (κ2) is 7.28. The van der Waals surface area contributed by atoms with Gasteiger partial charge in [-0.3, -0.25) is 19.6 Å². The van der Waals surface area contributed by atoms with Crippen molar-refractivity contribution in [2.75, 3.05) is 13.1 Å². The molecule has 24 heavy (non-hydrogen) atoms. The number of hydrogen-bond acceptors (Lipinski definition) is 5. The highest BCUT2D eigenvalue weighted by atomic mass is 16.2. The van der Waals surface area contributed by atoms with Crippen LogP contribution in [0.2, 0.25) is 0 Å². The van der Waals surface area contributed by atoms with Crippen molar-refractivity contribution in [2.24, 2.45) is 0 Å². The van der Waals surface area contributed by atoms with Crippen LogP contribution in [0.25, 0.3) is 10.9 Å². The number of hydrogen-bond donors (Lipinski definition) is 2. The summed E-state index contributed by atoms with van der Waals surface area (Å²) in [5.41, 5.74) is 1.40. The van der Waals surface area contributed by atoms with Gasteiger partial charge in [0.05, 0.1) is 17.3 Å². The number of carbonyl (C=O) groups excluding carboxylic acids is 2. The molecule has 3 aromatic rings. The molecule has 0 radical (unpaired) electrons. The number of benzene rings is 1. The van der Waals surface area contributed by atoms with Crippen LogP contribution in [0.1, 0.15) is 20.8 Å². The molecule has 120 valence electrons. The Labute approximate surface area is 138 Å². The lowest BCUT2D eigenvalue weighted by Crippen LogP contribution is -2.35. The van der Waals surface area contributed by atoms with E-state index in [0.29, 0.717) is 24.2 Å². The highest BCUT2D eigenvalue weighted by Crippen LogP contribution is 2.15. The molecule has 7 heteroatoms. The van der Waals surface area contributed by atoms with Gasteiger partial charge < -0.3 is 10.6 Å². The summed E-state index contributed by atoms with van der Waals surface area (Å²) in [4.78, 5) is 36.1. The fraction of sp³-hybridized carbons (Fsp3) is 0.118. The van der Waals surface area contributed by atoms with Gasteiger partial charge in [0.15, 0.2) is 0 Å². The minimum Gasteiger partial charge on any atom is -0.350 e. The normalized spacial score (nSPS) is 10.3. The molecule has 0 saturated heterocycles. The topological polar surface area (TPSA) is 96.9 Å². The van der Waals surface area contributed by atoms with Crippen molar-refractivity contribution in [2.45, 2.75) is 0 Å². The van der Waals surface area contributed by atoms with Gasteiger partial charge in [0, 0.05) is 37.1 Å². The van der Waals surface area contributed by atoms with Crippen molar-refractivity contribution in [3.63, 3.8) is 0 Å². The predicted molar refractivity (Wildman–Crippen MR) is 88.4 cm³/mol. The Morgan fingerprint density at radius 1 is 0.875 bits per heavy atom. The molecule has 2 amide bonds. The van der Waals surface area contributed by atoms with Crippen molar-refractivity contribution in [3.8, 4) is 0 Å². The maximum Gasteiger partial charge on any atom is 0.271 e. The molecule has 2 heterocycles. The fourth-order valence-electron chi connectivity index (χ4n) is 2.24. The van der Waals surface area contributed by atoms with Crippen molar-refractivity contribution in [1.29, 1.82) is 0 Å². The maximum absolute atomic E-state index is 12.3. The van der Waals surface area contributed by atoms with Gasteiger partial charge >= 0.3 is 0 Å². The van der Waals surface area contributed by atoms with E-state index in [4.69, 9.17) is 0 Å². The molecule has 2 N–H and O–H groups in total. The quantitative estimate of drug-likeness (QED) is 0.688. The monoisotopic (exact) mass is 321 g/mol. The highest BCUT2D eigenvalue weighted by molar-refractivity contribution is 6.05. The van der Waals surface area contributed by atoms with Crippen LogP contribution in [0.5, 0.6) is 0 Å². The number of rotatable bonds is 5. The largest absolute Gasteiger partial charge is 0.350 e. The molecule has 7 nitrogen and oxygen atoms in total. The van der Waals surface area contributed by atoms with Gasteiger partial charge in [-0.2, -0.15) is 0 Å². The minimum absolute atomic E-state index is 0.229. The summed E-state index contributed by atoms with van der Waals surface area (Å²) in [6, 6.07) is 9.17. The third-order valence-electron chi connectivity index (χ3n) is 3.37. The lowest BCUT2D eigenvalue weighted by atomic mass is 10.1. The Hall–Kier alpha value is -3.35. The Morgan fingerprint density at radius 3 is 2.46 bits per heavy atom. The molecule has 3 rings (SSSR count). The summed E-state index contributed by atoms with van der Waals surface area (Å²) < 4.78 is 0. The molecule has 0 fully saturated rings. The Kier molecular flexibility index (Phi) is 4.71. The first-order valence-electron chi connectivity index (χ1n) is 7.42. The summed E-state index contributed by atoms with van der Waals surface area (Å²) in [6.45, 7) is 0.591. The number of amides is 2. The van der Waals surface area contributed by atoms with Crippen LogP contribution in [0.3, 0.4) is 0 Å². The number of pyridine rings is 1. The number of nitrogens with zero attached hydrogens (tertiary/aromatic N) is 3. The molecule has 0 bridgehead atoms. The van der Waals surface area contributed by atoms with Gasteiger partial charge in [0.25, 0.3) is 11.8 Å². The molecule has 0 aliphatic rings. The first-order valence-corrected chi connectivity index (χ1v) is 7.42. The van der Waals surface area contributed by atoms with Gasteiger partial charge in [-0.25, -0.2) is 4.98 Å². The van der Waals surface area contributed by atoms with Gasteiger partial charge in [-0.05, 0) is 12.1 Å². The van der Waals surface area contributed by atoms with Crippen molar-refractivity contribution >= 4 is 22.7 Å². The average molecular weight is 321 g/mol. The smallest absolute Gasteiger partial charge is 0.271 e. The van der Waals surface area contributed by atoms with Crippen LogP contribution < -0.4 is 10.6 Å². The van der Waals surface area contributed by atoms with Crippen LogP contribution in [-0.2, 0) is 0 Å². The minimum atomic E-state index is -0.329. The number of carbonyl (C=O) groups is 2. The molecule has 0 unspecified atom stereocenters. The second-order valence-electron chi connectivity index (χ2n) is 4.98. The molecule has 0 atom stereocenters. The number of nitrogens with one attached hydrogen (secondary N) is 2. The van der Waals surface area contributed by atoms with Crippen LogP contribution in [0, 0.1) is 0 Å². The standard InChI is InChI=1S/C17H15N5O2/c23-16(13-5-1-3-12-4-2-6-20-15(12)13)21-9-10-22-17(24)14-11-18-7-8-19-14/h1-8,11H,9-10H2,(H,21,23)(H,22,24). The molecule has 0 aliphatic carbocycles. The van der Waals surface area contributed by atoms with E-state index < -0.39 is 0 Å². The van der Waals surface area contributed by atoms with E-state index in [1.165, 1.54) is 18.6 Å². The molecule has 1 aromatic carbocycles. The van der Waals surface area contributed by atoms with Gasteiger partial charge in [0.1, 0.15) is 5.69 Å². The molecule has 2 aromatic heterocycles. The van der Waals surface area contributed by atoms with E-state index in [9.17, 15) is 9.59 Å². The lowest BCUT2D eigenvalue weighted by Gasteiger charge is -2.08. The Bertz CT molecular complexity index is 862. The summed E-state index contributed by atoms with van der Waals surface area (Å²) in [6.07, 6.45) is 5.98. The first-order chi connectivity index (χ1) is 11.8. The van der Waals surface area contributed by atoms with Crippen molar-refractivity contribution in [1.82, 2.24) is 25.6 Å². The average Bonchev–Trinajstić information content (AvgIpc) is 2.65. The van der Waals surface area contributed by atoms with Gasteiger partial charge in [-0.15, -0.1) is 0 Å². The lowest BCUT2D eigenvalue weighted by molar-refractivity contribution is 0.0925. The zero-order chi connectivity index (χ0) is 16.8. The van der Waals surface area contributed by atoms with Crippen molar-refractivity contribution in [3.05, 3.63) is 66.4 Å². The van der Waals surface area contributed by atoms with E-state index in [1.807, 2.05) is 24.3 Å². The van der Waals surface area contributed by atoms with Crippen LogP contribution in [0.4, 0.5) is 0 Å². The zero-order valence-electron chi connectivity index (χ0n) is 12.8. The summed E-state index contributed by atoms with van der Waals surface area (Å²) in [5.74, 6) is -0.558. The van der Waals surface area contributed by atoms with Crippen molar-refractivity contribution < 1.29 is 9.59 Å². The molecular weight excluding hydrogens is 306 g/mol. The molecule has 0 spiro atoms. The molecule has 0 saturated carbocycles. The molecular formula is C17H15N5O2. The van der Waals surface area contributed by atoms with E-state index in [2.05, 4.69) is 25.6 Å². The molecule has 0 aliphatic heterocycles. The van der Waals surface area contributed by atoms with E-state index >= 15 is 0 Å². The number of para-hydroxylation sites is 1. The van der Waals surface area contributed by atoms with Crippen LogP contribution in [0.15, 0.2) is 55.1 Å². The van der Waals surface area contributed by atoms with Gasteiger partial charge in [0.2, 0.25) is 0 Å². The Morgan fingerprint density at radius 2 is 1.67 bits per heavy atom. The number of aromatic nitrogens is 3. The summed E-state index contributed by atoms with van der Waals surface area (Å²) in [7, 11) is 0. The predicted octanol–water partition coefficient (Wildman–Crippen LogP) is 1.18. The fourth-order valence-corrected chi connectivity index (χ4v) is 2.24. The summed E-state index contributed by atoms with van der Waals surface area (Å²) >= 11 is 0. The Balaban J connectivity index is 1.55. The van der Waals surface area contributed by atoms with E-state index in [-0.39, 0.29) is 17.5 Å². The number of fused-ring (bicyclic) bond motifs is 1. The highest BCUT2D eigenvalue weighted by Gasteiger charge is 2.10. The van der Waals surface area contributed by atoms with E-state index in [0.717, 1.165) is 5.39 Å². The third kappa shape index (κ3) is 3.52. The summed E-state index contributed by atoms with van der Waals surface area (Å²) in [5, 5.41) is 6.34. The van der Waals surface area contributed by atoms with Crippen LogP contribution >= 0.6 is 0 Å². The van der Waals surface area contributed by atoms with Crippen LogP contribution in [-0.4, -0.2) is 39.9 Å².